The molecule has 5 nitrogen and oxygen atoms in total. The van der Waals surface area contributed by atoms with Crippen molar-refractivity contribution in [3.63, 3.8) is 0 Å². The fourth-order valence-electron chi connectivity index (χ4n) is 1.68. The van der Waals surface area contributed by atoms with Gasteiger partial charge in [0.2, 0.25) is 0 Å². The van der Waals surface area contributed by atoms with Crippen molar-refractivity contribution < 1.29 is 13.2 Å². The van der Waals surface area contributed by atoms with E-state index in [-0.39, 0.29) is 6.04 Å². The molecule has 0 spiro atoms. The lowest BCUT2D eigenvalue weighted by Gasteiger charge is -2.23. The highest BCUT2D eigenvalue weighted by molar-refractivity contribution is 4.91. The van der Waals surface area contributed by atoms with E-state index < -0.39 is 12.0 Å². The summed E-state index contributed by atoms with van der Waals surface area (Å²) < 4.78 is 38.3. The SMILES string of the molecule is FC(F)(F)c1nnnn1C1CCNCC1. The molecule has 1 aliphatic rings. The molecule has 0 bridgehead atoms. The van der Waals surface area contributed by atoms with Gasteiger partial charge in [0, 0.05) is 0 Å². The summed E-state index contributed by atoms with van der Waals surface area (Å²) in [5.41, 5.74) is 0. The maximum Gasteiger partial charge on any atom is 0.453 e. The summed E-state index contributed by atoms with van der Waals surface area (Å²) in [6.45, 7) is 1.39. The molecule has 1 N–H and O–H groups in total. The number of alkyl halides is 3. The summed E-state index contributed by atoms with van der Waals surface area (Å²) in [7, 11) is 0. The van der Waals surface area contributed by atoms with Gasteiger partial charge in [-0.05, 0) is 36.4 Å². The van der Waals surface area contributed by atoms with E-state index in [9.17, 15) is 13.2 Å². The Balaban J connectivity index is 2.24. The summed E-state index contributed by atoms with van der Waals surface area (Å²) in [4.78, 5) is 0. The van der Waals surface area contributed by atoms with Crippen molar-refractivity contribution in [2.75, 3.05) is 13.1 Å². The summed E-state index contributed by atoms with van der Waals surface area (Å²) in [5.74, 6) is -1.01. The van der Waals surface area contributed by atoms with Crippen LogP contribution in [0.2, 0.25) is 0 Å². The predicted molar refractivity (Wildman–Crippen MR) is 44.0 cm³/mol. The molecular weight excluding hydrogens is 211 g/mol. The second kappa shape index (κ2) is 3.76. The standard InChI is InChI=1S/C7H10F3N5/c8-7(9,10)6-12-13-14-15(6)5-1-3-11-4-2-5/h5,11H,1-4H2. The van der Waals surface area contributed by atoms with Crippen molar-refractivity contribution in [3.05, 3.63) is 5.82 Å². The fourth-order valence-corrected chi connectivity index (χ4v) is 1.68. The molecule has 2 rings (SSSR count). The molecule has 0 amide bonds. The van der Waals surface area contributed by atoms with Crippen LogP contribution in [0.5, 0.6) is 0 Å². The third-order valence-electron chi connectivity index (χ3n) is 2.40. The Morgan fingerprint density at radius 3 is 2.53 bits per heavy atom. The number of hydrogen-bond acceptors (Lipinski definition) is 4. The minimum atomic E-state index is -4.48. The molecule has 8 heteroatoms. The van der Waals surface area contributed by atoms with Gasteiger partial charge in [-0.15, -0.1) is 5.10 Å². The average molecular weight is 221 g/mol. The van der Waals surface area contributed by atoms with Gasteiger partial charge in [0.25, 0.3) is 5.82 Å². The van der Waals surface area contributed by atoms with Crippen LogP contribution in [-0.2, 0) is 6.18 Å². The largest absolute Gasteiger partial charge is 0.453 e. The van der Waals surface area contributed by atoms with Crippen LogP contribution in [0.3, 0.4) is 0 Å². The van der Waals surface area contributed by atoms with Gasteiger partial charge in [-0.1, -0.05) is 0 Å². The minimum Gasteiger partial charge on any atom is -0.317 e. The third-order valence-corrected chi connectivity index (χ3v) is 2.40. The van der Waals surface area contributed by atoms with Crippen molar-refractivity contribution >= 4 is 0 Å². The average Bonchev–Trinajstić information content (AvgIpc) is 2.67. The van der Waals surface area contributed by atoms with Gasteiger partial charge >= 0.3 is 6.18 Å². The molecule has 2 heterocycles. The number of aromatic nitrogens is 4. The zero-order valence-corrected chi connectivity index (χ0v) is 7.83. The van der Waals surface area contributed by atoms with E-state index >= 15 is 0 Å². The van der Waals surface area contributed by atoms with Crippen molar-refractivity contribution in [2.45, 2.75) is 25.1 Å². The molecular formula is C7H10F3N5. The maximum atomic E-state index is 12.5. The second-order valence-corrected chi connectivity index (χ2v) is 3.43. The molecule has 1 aromatic heterocycles. The Morgan fingerprint density at radius 2 is 1.93 bits per heavy atom. The van der Waals surface area contributed by atoms with Gasteiger partial charge in [0.15, 0.2) is 0 Å². The van der Waals surface area contributed by atoms with Crippen LogP contribution in [0, 0.1) is 0 Å². The Bertz CT molecular complexity index is 328. The number of piperidine rings is 1. The minimum absolute atomic E-state index is 0.252. The highest BCUT2D eigenvalue weighted by Gasteiger charge is 2.39. The van der Waals surface area contributed by atoms with Gasteiger partial charge in [0.1, 0.15) is 0 Å². The highest BCUT2D eigenvalue weighted by atomic mass is 19.4. The molecule has 0 radical (unpaired) electrons. The van der Waals surface area contributed by atoms with E-state index in [1.54, 1.807) is 0 Å². The van der Waals surface area contributed by atoms with Crippen LogP contribution in [0.4, 0.5) is 13.2 Å². The topological polar surface area (TPSA) is 55.6 Å². The fraction of sp³-hybridized carbons (Fsp3) is 0.857. The van der Waals surface area contributed by atoms with Gasteiger partial charge < -0.3 is 5.32 Å². The lowest BCUT2D eigenvalue weighted by molar-refractivity contribution is -0.149. The molecule has 0 aromatic carbocycles. The summed E-state index contributed by atoms with van der Waals surface area (Å²) in [6, 6.07) is -0.252. The van der Waals surface area contributed by atoms with Crippen molar-refractivity contribution in [1.29, 1.82) is 0 Å². The Kier molecular flexibility index (Phi) is 2.59. The zero-order chi connectivity index (χ0) is 10.9. The van der Waals surface area contributed by atoms with Crippen LogP contribution >= 0.6 is 0 Å². The molecule has 1 saturated heterocycles. The van der Waals surface area contributed by atoms with Crippen LogP contribution in [0.1, 0.15) is 24.7 Å². The number of halogens is 3. The van der Waals surface area contributed by atoms with Gasteiger partial charge in [-0.25, -0.2) is 4.68 Å². The molecule has 1 fully saturated rings. The molecule has 1 aliphatic heterocycles. The van der Waals surface area contributed by atoms with E-state index in [1.807, 2.05) is 0 Å². The van der Waals surface area contributed by atoms with E-state index in [0.29, 0.717) is 25.9 Å². The van der Waals surface area contributed by atoms with Gasteiger partial charge in [-0.2, -0.15) is 13.2 Å². The number of hydrogen-bond donors (Lipinski definition) is 1. The summed E-state index contributed by atoms with van der Waals surface area (Å²) in [6.07, 6.45) is -3.24. The summed E-state index contributed by atoms with van der Waals surface area (Å²) >= 11 is 0. The summed E-state index contributed by atoms with van der Waals surface area (Å²) in [5, 5.41) is 12.6. The first-order valence-electron chi connectivity index (χ1n) is 4.65. The van der Waals surface area contributed by atoms with Crippen molar-refractivity contribution in [2.24, 2.45) is 0 Å². The van der Waals surface area contributed by atoms with E-state index in [4.69, 9.17) is 0 Å². The number of rotatable bonds is 1. The second-order valence-electron chi connectivity index (χ2n) is 3.43. The quantitative estimate of drug-likeness (QED) is 0.755. The van der Waals surface area contributed by atoms with Crippen LogP contribution in [0.25, 0.3) is 0 Å². The Labute approximate surface area is 83.6 Å². The van der Waals surface area contributed by atoms with Gasteiger partial charge in [-0.3, -0.25) is 0 Å². The van der Waals surface area contributed by atoms with Crippen molar-refractivity contribution in [1.82, 2.24) is 25.5 Å². The van der Waals surface area contributed by atoms with Crippen molar-refractivity contribution in [3.8, 4) is 0 Å². The van der Waals surface area contributed by atoms with E-state index in [1.165, 1.54) is 0 Å². The monoisotopic (exact) mass is 221 g/mol. The highest BCUT2D eigenvalue weighted by Crippen LogP contribution is 2.30. The molecule has 0 saturated carbocycles. The lowest BCUT2D eigenvalue weighted by Crippen LogP contribution is -2.31. The molecule has 84 valence electrons. The third kappa shape index (κ3) is 2.09. The molecule has 0 atom stereocenters. The first-order valence-corrected chi connectivity index (χ1v) is 4.65. The number of tetrazole rings is 1. The number of nitrogens with one attached hydrogen (secondary N) is 1. The predicted octanol–water partition coefficient (Wildman–Crippen LogP) is 0.616. The molecule has 0 aliphatic carbocycles. The van der Waals surface area contributed by atoms with Crippen LogP contribution in [-0.4, -0.2) is 33.3 Å². The lowest BCUT2D eigenvalue weighted by atomic mass is 10.1. The first kappa shape index (κ1) is 10.3. The normalized spacial score (nSPS) is 19.4. The van der Waals surface area contributed by atoms with Crippen LogP contribution in [0.15, 0.2) is 0 Å². The maximum absolute atomic E-state index is 12.5. The van der Waals surface area contributed by atoms with E-state index in [2.05, 4.69) is 20.8 Å². The van der Waals surface area contributed by atoms with E-state index in [0.717, 1.165) is 4.68 Å². The number of nitrogens with zero attached hydrogens (tertiary/aromatic N) is 4. The molecule has 0 unspecified atom stereocenters. The van der Waals surface area contributed by atoms with Gasteiger partial charge in [0.05, 0.1) is 6.04 Å². The smallest absolute Gasteiger partial charge is 0.317 e. The molecule has 15 heavy (non-hydrogen) atoms. The zero-order valence-electron chi connectivity index (χ0n) is 7.83. The Morgan fingerprint density at radius 1 is 1.27 bits per heavy atom. The Hall–Kier alpha value is -1.18. The first-order chi connectivity index (χ1) is 7.09. The molecule has 1 aromatic rings. The van der Waals surface area contributed by atoms with Crippen LogP contribution < -0.4 is 5.32 Å².